The van der Waals surface area contributed by atoms with Crippen molar-refractivity contribution in [3.05, 3.63) is 35.9 Å². The van der Waals surface area contributed by atoms with E-state index in [2.05, 4.69) is 12.1 Å². The minimum absolute atomic E-state index is 0.0896. The van der Waals surface area contributed by atoms with Gasteiger partial charge < -0.3 is 15.4 Å². The van der Waals surface area contributed by atoms with E-state index >= 15 is 0 Å². The lowest BCUT2D eigenvalue weighted by atomic mass is 9.97. The lowest BCUT2D eigenvalue weighted by Gasteiger charge is -2.34. The van der Waals surface area contributed by atoms with E-state index in [0.717, 1.165) is 39.0 Å². The van der Waals surface area contributed by atoms with Crippen LogP contribution in [0.5, 0.6) is 0 Å². The molecule has 0 aliphatic carbocycles. The molecule has 116 valence electrons. The summed E-state index contributed by atoms with van der Waals surface area (Å²) in [6.07, 6.45) is 3.74. The second-order valence-electron chi connectivity index (χ2n) is 5.88. The van der Waals surface area contributed by atoms with E-state index in [9.17, 15) is 4.79 Å². The van der Waals surface area contributed by atoms with Crippen molar-refractivity contribution in [1.82, 2.24) is 4.90 Å². The third kappa shape index (κ3) is 4.83. The van der Waals surface area contributed by atoms with Gasteiger partial charge in [-0.2, -0.15) is 0 Å². The Morgan fingerprint density at radius 2 is 2.19 bits per heavy atom. The molecule has 2 N–H and O–H groups in total. The number of hydrogen-bond donors (Lipinski definition) is 1. The smallest absolute Gasteiger partial charge is 0.239 e. The lowest BCUT2D eigenvalue weighted by Crippen LogP contribution is -2.48. The number of piperidine rings is 1. The van der Waals surface area contributed by atoms with Crippen LogP contribution in [0, 0.1) is 5.92 Å². The Labute approximate surface area is 127 Å². The van der Waals surface area contributed by atoms with Crippen LogP contribution in [0.25, 0.3) is 0 Å². The molecule has 2 rings (SSSR count). The molecule has 1 aromatic rings. The van der Waals surface area contributed by atoms with Gasteiger partial charge in [-0.1, -0.05) is 30.3 Å². The summed E-state index contributed by atoms with van der Waals surface area (Å²) < 4.78 is 5.21. The molecule has 0 bridgehead atoms. The molecule has 1 aliphatic rings. The minimum Gasteiger partial charge on any atom is -0.384 e. The Hall–Kier alpha value is -1.39. The molecule has 1 amide bonds. The maximum absolute atomic E-state index is 12.4. The van der Waals surface area contributed by atoms with E-state index in [-0.39, 0.29) is 5.91 Å². The number of carbonyl (C=O) groups is 1. The van der Waals surface area contributed by atoms with E-state index in [1.54, 1.807) is 7.11 Å². The van der Waals surface area contributed by atoms with Crippen molar-refractivity contribution in [2.45, 2.75) is 31.7 Å². The van der Waals surface area contributed by atoms with Crippen LogP contribution in [0.3, 0.4) is 0 Å². The Morgan fingerprint density at radius 3 is 2.90 bits per heavy atom. The molecule has 4 heteroatoms. The van der Waals surface area contributed by atoms with Crippen LogP contribution in [0.1, 0.15) is 24.8 Å². The van der Waals surface area contributed by atoms with Crippen LogP contribution < -0.4 is 5.73 Å². The highest BCUT2D eigenvalue weighted by Gasteiger charge is 2.26. The van der Waals surface area contributed by atoms with Crippen molar-refractivity contribution >= 4 is 5.91 Å². The number of likely N-dealkylation sites (tertiary alicyclic amines) is 1. The van der Waals surface area contributed by atoms with E-state index in [4.69, 9.17) is 10.5 Å². The molecule has 2 unspecified atom stereocenters. The number of ether oxygens (including phenoxy) is 1. The number of aryl methyl sites for hydroxylation is 1. The van der Waals surface area contributed by atoms with Gasteiger partial charge in [0.05, 0.1) is 12.6 Å². The summed E-state index contributed by atoms with van der Waals surface area (Å²) in [6.45, 7) is 2.34. The number of methoxy groups -OCH3 is 1. The summed E-state index contributed by atoms with van der Waals surface area (Å²) >= 11 is 0. The zero-order chi connectivity index (χ0) is 15.1. The predicted octanol–water partition coefficient (Wildman–Crippen LogP) is 1.83. The molecule has 1 aromatic carbocycles. The summed E-state index contributed by atoms with van der Waals surface area (Å²) in [6, 6.07) is 9.79. The molecular formula is C17H26N2O2. The average Bonchev–Trinajstić information content (AvgIpc) is 2.53. The van der Waals surface area contributed by atoms with Gasteiger partial charge in [0, 0.05) is 20.2 Å². The van der Waals surface area contributed by atoms with Crippen LogP contribution in [0.15, 0.2) is 30.3 Å². The fourth-order valence-corrected chi connectivity index (χ4v) is 2.96. The number of rotatable bonds is 6. The Kier molecular flexibility index (Phi) is 6.21. The van der Waals surface area contributed by atoms with Crippen molar-refractivity contribution in [3.8, 4) is 0 Å². The first-order valence-electron chi connectivity index (χ1n) is 7.78. The SMILES string of the molecule is COCC1CCCN(C(=O)C(N)CCc2ccccc2)C1. The maximum Gasteiger partial charge on any atom is 0.239 e. The predicted molar refractivity (Wildman–Crippen MR) is 83.9 cm³/mol. The summed E-state index contributed by atoms with van der Waals surface area (Å²) in [5, 5.41) is 0. The molecule has 2 atom stereocenters. The first-order chi connectivity index (χ1) is 10.2. The van der Waals surface area contributed by atoms with Gasteiger partial charge in [0.25, 0.3) is 0 Å². The summed E-state index contributed by atoms with van der Waals surface area (Å²) in [5.74, 6) is 0.542. The van der Waals surface area contributed by atoms with Crippen LogP contribution in [0.4, 0.5) is 0 Å². The fraction of sp³-hybridized carbons (Fsp3) is 0.588. The standard InChI is InChI=1S/C17H26N2O2/c1-21-13-15-8-5-11-19(12-15)17(20)16(18)10-9-14-6-3-2-4-7-14/h2-4,6-7,15-16H,5,8-13,18H2,1H3. The van der Waals surface area contributed by atoms with Crippen molar-refractivity contribution in [3.63, 3.8) is 0 Å². The Balaban J connectivity index is 1.81. The third-order valence-electron chi connectivity index (χ3n) is 4.14. The van der Waals surface area contributed by atoms with E-state index in [1.165, 1.54) is 5.56 Å². The van der Waals surface area contributed by atoms with Gasteiger partial charge in [-0.15, -0.1) is 0 Å². The zero-order valence-corrected chi connectivity index (χ0v) is 12.8. The maximum atomic E-state index is 12.4. The highest BCUT2D eigenvalue weighted by molar-refractivity contribution is 5.81. The van der Waals surface area contributed by atoms with Crippen LogP contribution in [-0.4, -0.2) is 43.7 Å². The molecule has 21 heavy (non-hydrogen) atoms. The minimum atomic E-state index is -0.397. The lowest BCUT2D eigenvalue weighted by molar-refractivity contribution is -0.134. The monoisotopic (exact) mass is 290 g/mol. The van der Waals surface area contributed by atoms with Gasteiger partial charge in [-0.05, 0) is 37.2 Å². The number of amides is 1. The summed E-state index contributed by atoms with van der Waals surface area (Å²) in [4.78, 5) is 14.3. The molecule has 1 fully saturated rings. The van der Waals surface area contributed by atoms with Gasteiger partial charge in [-0.3, -0.25) is 4.79 Å². The molecule has 0 aromatic heterocycles. The van der Waals surface area contributed by atoms with E-state index in [0.29, 0.717) is 12.3 Å². The van der Waals surface area contributed by atoms with E-state index < -0.39 is 6.04 Å². The van der Waals surface area contributed by atoms with Crippen molar-refractivity contribution in [2.75, 3.05) is 26.8 Å². The number of carbonyl (C=O) groups excluding carboxylic acids is 1. The van der Waals surface area contributed by atoms with Gasteiger partial charge in [-0.25, -0.2) is 0 Å². The van der Waals surface area contributed by atoms with Gasteiger partial charge in [0.2, 0.25) is 5.91 Å². The number of hydrogen-bond acceptors (Lipinski definition) is 3. The molecule has 4 nitrogen and oxygen atoms in total. The molecule has 0 spiro atoms. The molecule has 1 saturated heterocycles. The van der Waals surface area contributed by atoms with Crippen LogP contribution >= 0.6 is 0 Å². The Bertz CT molecular complexity index is 434. The molecule has 1 aliphatic heterocycles. The summed E-state index contributed by atoms with van der Waals surface area (Å²) in [7, 11) is 1.71. The number of nitrogens with two attached hydrogens (primary N) is 1. The Morgan fingerprint density at radius 1 is 1.43 bits per heavy atom. The van der Waals surface area contributed by atoms with Gasteiger partial charge >= 0.3 is 0 Å². The average molecular weight is 290 g/mol. The van der Waals surface area contributed by atoms with Crippen molar-refractivity contribution in [2.24, 2.45) is 11.7 Å². The van der Waals surface area contributed by atoms with E-state index in [1.807, 2.05) is 23.1 Å². The van der Waals surface area contributed by atoms with Gasteiger partial charge in [0.1, 0.15) is 0 Å². The summed E-state index contributed by atoms with van der Waals surface area (Å²) in [5.41, 5.74) is 7.33. The largest absolute Gasteiger partial charge is 0.384 e. The first kappa shape index (κ1) is 16.0. The number of nitrogens with zero attached hydrogens (tertiary/aromatic N) is 1. The molecule has 0 radical (unpaired) electrons. The first-order valence-corrected chi connectivity index (χ1v) is 7.78. The van der Waals surface area contributed by atoms with Crippen molar-refractivity contribution < 1.29 is 9.53 Å². The highest BCUT2D eigenvalue weighted by atomic mass is 16.5. The normalized spacial score (nSPS) is 20.3. The zero-order valence-electron chi connectivity index (χ0n) is 12.8. The topological polar surface area (TPSA) is 55.6 Å². The quantitative estimate of drug-likeness (QED) is 0.869. The third-order valence-corrected chi connectivity index (χ3v) is 4.14. The van der Waals surface area contributed by atoms with Crippen molar-refractivity contribution in [1.29, 1.82) is 0 Å². The van der Waals surface area contributed by atoms with Crippen LogP contribution in [-0.2, 0) is 16.0 Å². The molecule has 0 saturated carbocycles. The number of benzene rings is 1. The van der Waals surface area contributed by atoms with Gasteiger partial charge in [0.15, 0.2) is 0 Å². The molecule has 1 heterocycles. The fourth-order valence-electron chi connectivity index (χ4n) is 2.96. The molecular weight excluding hydrogens is 264 g/mol. The second kappa shape index (κ2) is 8.15. The second-order valence-corrected chi connectivity index (χ2v) is 5.88. The van der Waals surface area contributed by atoms with Crippen LogP contribution in [0.2, 0.25) is 0 Å². The highest BCUT2D eigenvalue weighted by Crippen LogP contribution is 2.18.